The van der Waals surface area contributed by atoms with Crippen LogP contribution < -0.4 is 4.72 Å². The van der Waals surface area contributed by atoms with Gasteiger partial charge in [0.1, 0.15) is 11.5 Å². The first kappa shape index (κ1) is 20.0. The van der Waals surface area contributed by atoms with Crippen LogP contribution in [0.15, 0.2) is 70.0 Å². The fourth-order valence-electron chi connectivity index (χ4n) is 2.64. The third kappa shape index (κ3) is 4.55. The highest BCUT2D eigenvalue weighted by molar-refractivity contribution is 7.92. The molecule has 0 aliphatic rings. The largest absolute Gasteiger partial charge is 0.464 e. The van der Waals surface area contributed by atoms with E-state index in [0.29, 0.717) is 5.76 Å². The van der Waals surface area contributed by atoms with Crippen molar-refractivity contribution in [3.8, 4) is 0 Å². The van der Waals surface area contributed by atoms with Gasteiger partial charge in [-0.1, -0.05) is 29.8 Å². The molecule has 0 aliphatic heterocycles. The van der Waals surface area contributed by atoms with Gasteiger partial charge in [-0.2, -0.15) is 0 Å². The fraction of sp³-hybridized carbons (Fsp3) is 0.150. The number of anilines is 1. The molecule has 0 atom stereocenters. The average molecular weight is 419 g/mol. The van der Waals surface area contributed by atoms with E-state index in [9.17, 15) is 13.2 Å². The van der Waals surface area contributed by atoms with E-state index in [-0.39, 0.29) is 33.6 Å². The van der Waals surface area contributed by atoms with E-state index < -0.39 is 10.0 Å². The Balaban J connectivity index is 1.81. The lowest BCUT2D eigenvalue weighted by molar-refractivity contribution is 0.0774. The van der Waals surface area contributed by atoms with E-state index in [1.165, 1.54) is 23.1 Å². The van der Waals surface area contributed by atoms with Crippen LogP contribution in [0.4, 0.5) is 5.69 Å². The van der Waals surface area contributed by atoms with Gasteiger partial charge < -0.3 is 9.32 Å². The number of benzene rings is 2. The molecule has 0 fully saturated rings. The van der Waals surface area contributed by atoms with Gasteiger partial charge in [0.25, 0.3) is 15.9 Å². The molecule has 0 unspecified atom stereocenters. The Labute approximate surface area is 168 Å². The first-order valence-electron chi connectivity index (χ1n) is 8.44. The lowest BCUT2D eigenvalue weighted by Gasteiger charge is -2.16. The number of para-hydroxylation sites is 1. The lowest BCUT2D eigenvalue weighted by Crippen LogP contribution is -2.26. The van der Waals surface area contributed by atoms with Crippen LogP contribution in [0.3, 0.4) is 0 Å². The smallest absolute Gasteiger partial charge is 0.261 e. The van der Waals surface area contributed by atoms with Crippen LogP contribution in [0, 0.1) is 6.92 Å². The van der Waals surface area contributed by atoms with Gasteiger partial charge in [0.05, 0.1) is 22.2 Å². The van der Waals surface area contributed by atoms with Gasteiger partial charge in [0.15, 0.2) is 0 Å². The molecule has 3 rings (SSSR count). The van der Waals surface area contributed by atoms with E-state index in [4.69, 9.17) is 16.0 Å². The highest BCUT2D eigenvalue weighted by Crippen LogP contribution is 2.24. The van der Waals surface area contributed by atoms with E-state index >= 15 is 0 Å². The summed E-state index contributed by atoms with van der Waals surface area (Å²) in [6.07, 6.45) is 0. The molecule has 1 N–H and O–H groups in total. The zero-order valence-corrected chi connectivity index (χ0v) is 16.9. The molecule has 1 heterocycles. The Kier molecular flexibility index (Phi) is 5.76. The highest BCUT2D eigenvalue weighted by Gasteiger charge is 2.19. The molecule has 28 heavy (non-hydrogen) atoms. The summed E-state index contributed by atoms with van der Waals surface area (Å²) in [7, 11) is -2.27. The summed E-state index contributed by atoms with van der Waals surface area (Å²) in [5, 5.41) is 0.284. The lowest BCUT2D eigenvalue weighted by atomic mass is 10.2. The van der Waals surface area contributed by atoms with E-state index in [1.807, 2.05) is 13.0 Å². The minimum Gasteiger partial charge on any atom is -0.464 e. The van der Waals surface area contributed by atoms with Crippen LogP contribution in [0.25, 0.3) is 0 Å². The minimum absolute atomic E-state index is 0.0273. The maximum atomic E-state index is 12.7. The second-order valence-electron chi connectivity index (χ2n) is 6.29. The zero-order valence-electron chi connectivity index (χ0n) is 15.3. The maximum absolute atomic E-state index is 12.7. The van der Waals surface area contributed by atoms with Gasteiger partial charge in [0.2, 0.25) is 0 Å². The van der Waals surface area contributed by atoms with Crippen molar-refractivity contribution < 1.29 is 17.6 Å². The third-order valence-electron chi connectivity index (χ3n) is 4.05. The number of nitrogens with one attached hydrogen (secondary N) is 1. The summed E-state index contributed by atoms with van der Waals surface area (Å²) < 4.78 is 33.3. The number of amides is 1. The van der Waals surface area contributed by atoms with Gasteiger partial charge in [-0.3, -0.25) is 9.52 Å². The van der Waals surface area contributed by atoms with Crippen molar-refractivity contribution >= 4 is 33.2 Å². The summed E-state index contributed by atoms with van der Waals surface area (Å²) in [4.78, 5) is 14.1. The summed E-state index contributed by atoms with van der Waals surface area (Å²) >= 11 is 6.02. The van der Waals surface area contributed by atoms with Crippen molar-refractivity contribution in [2.45, 2.75) is 18.4 Å². The molecule has 0 radical (unpaired) electrons. The predicted molar refractivity (Wildman–Crippen MR) is 108 cm³/mol. The minimum atomic E-state index is -3.90. The number of nitrogens with zero attached hydrogens (tertiary/aromatic N) is 1. The molecule has 0 aliphatic carbocycles. The second-order valence-corrected chi connectivity index (χ2v) is 8.38. The van der Waals surface area contributed by atoms with Gasteiger partial charge in [-0.15, -0.1) is 0 Å². The first-order chi connectivity index (χ1) is 13.3. The molecule has 0 saturated heterocycles. The normalized spacial score (nSPS) is 11.2. The molecule has 0 spiro atoms. The quantitative estimate of drug-likeness (QED) is 0.646. The molecule has 2 aromatic carbocycles. The molecule has 6 nitrogen and oxygen atoms in total. The van der Waals surface area contributed by atoms with Crippen LogP contribution in [0.2, 0.25) is 5.02 Å². The average Bonchev–Trinajstić information content (AvgIpc) is 3.07. The molecular weight excluding hydrogens is 400 g/mol. The van der Waals surface area contributed by atoms with Gasteiger partial charge in [0, 0.05) is 12.6 Å². The topological polar surface area (TPSA) is 79.6 Å². The van der Waals surface area contributed by atoms with Crippen molar-refractivity contribution in [3.05, 3.63) is 82.8 Å². The number of halogens is 1. The van der Waals surface area contributed by atoms with E-state index in [1.54, 1.807) is 43.4 Å². The van der Waals surface area contributed by atoms with Gasteiger partial charge in [-0.05, 0) is 49.4 Å². The van der Waals surface area contributed by atoms with Crippen LogP contribution in [0.5, 0.6) is 0 Å². The predicted octanol–water partition coefficient (Wildman–Crippen LogP) is 4.31. The monoisotopic (exact) mass is 418 g/mol. The summed E-state index contributed by atoms with van der Waals surface area (Å²) in [5.74, 6) is 1.09. The number of sulfonamides is 1. The Morgan fingerprint density at radius 3 is 2.54 bits per heavy atom. The number of furan rings is 1. The number of carbonyl (C=O) groups is 1. The molecule has 3 aromatic rings. The molecule has 1 aromatic heterocycles. The number of hydrogen-bond acceptors (Lipinski definition) is 4. The van der Waals surface area contributed by atoms with Crippen molar-refractivity contribution in [3.63, 3.8) is 0 Å². The molecule has 1 amide bonds. The van der Waals surface area contributed by atoms with Crippen molar-refractivity contribution in [2.24, 2.45) is 0 Å². The molecular formula is C20H19ClN2O4S. The number of hydrogen-bond donors (Lipinski definition) is 1. The van der Waals surface area contributed by atoms with Crippen LogP contribution in [0.1, 0.15) is 21.9 Å². The molecule has 0 bridgehead atoms. The standard InChI is InChI=1S/C20H19ClN2O4S/c1-14-10-11-16(27-14)13-23(2)20(24)15-6-5-7-17(12-15)28(25,26)22-19-9-4-3-8-18(19)21/h3-12,22H,13H2,1-2H3. The highest BCUT2D eigenvalue weighted by atomic mass is 35.5. The summed E-state index contributed by atoms with van der Waals surface area (Å²) in [5.41, 5.74) is 0.527. The van der Waals surface area contributed by atoms with Crippen molar-refractivity contribution in [1.82, 2.24) is 4.90 Å². The van der Waals surface area contributed by atoms with Crippen LogP contribution in [-0.4, -0.2) is 26.3 Å². The Morgan fingerprint density at radius 1 is 1.11 bits per heavy atom. The van der Waals surface area contributed by atoms with E-state index in [0.717, 1.165) is 5.76 Å². The number of aryl methyl sites for hydroxylation is 1. The molecule has 8 heteroatoms. The third-order valence-corrected chi connectivity index (χ3v) is 5.74. The number of carbonyl (C=O) groups excluding carboxylic acids is 1. The van der Waals surface area contributed by atoms with Gasteiger partial charge >= 0.3 is 0 Å². The molecule has 146 valence electrons. The van der Waals surface area contributed by atoms with Crippen molar-refractivity contribution in [1.29, 1.82) is 0 Å². The van der Waals surface area contributed by atoms with E-state index in [2.05, 4.69) is 4.72 Å². The fourth-order valence-corrected chi connectivity index (χ4v) is 4.00. The second kappa shape index (κ2) is 8.08. The zero-order chi connectivity index (χ0) is 20.3. The van der Waals surface area contributed by atoms with Crippen LogP contribution in [-0.2, 0) is 16.6 Å². The Bertz CT molecular complexity index is 1110. The van der Waals surface area contributed by atoms with Crippen LogP contribution >= 0.6 is 11.6 Å². The first-order valence-corrected chi connectivity index (χ1v) is 10.3. The SMILES string of the molecule is Cc1ccc(CN(C)C(=O)c2cccc(S(=O)(=O)Nc3ccccc3Cl)c2)o1. The maximum Gasteiger partial charge on any atom is 0.261 e. The number of rotatable bonds is 6. The molecule has 0 saturated carbocycles. The Hall–Kier alpha value is -2.77. The summed E-state index contributed by atoms with van der Waals surface area (Å²) in [6.45, 7) is 2.10. The van der Waals surface area contributed by atoms with Crippen molar-refractivity contribution in [2.75, 3.05) is 11.8 Å². The summed E-state index contributed by atoms with van der Waals surface area (Å²) in [6, 6.07) is 16.0. The Morgan fingerprint density at radius 2 is 1.86 bits per heavy atom. The van der Waals surface area contributed by atoms with Gasteiger partial charge in [-0.25, -0.2) is 8.42 Å².